The van der Waals surface area contributed by atoms with E-state index < -0.39 is 0 Å². The van der Waals surface area contributed by atoms with Crippen LogP contribution in [-0.2, 0) is 0 Å². The summed E-state index contributed by atoms with van der Waals surface area (Å²) in [6.07, 6.45) is 0. The van der Waals surface area contributed by atoms with Crippen molar-refractivity contribution in [2.45, 2.75) is 19.8 Å². The molecule has 2 atom stereocenters. The molecule has 4 rings (SSSR count). The van der Waals surface area contributed by atoms with Crippen molar-refractivity contribution in [3.8, 4) is 5.69 Å². The minimum absolute atomic E-state index is 0.0757. The van der Waals surface area contributed by atoms with E-state index in [2.05, 4.69) is 22.4 Å². The van der Waals surface area contributed by atoms with Crippen LogP contribution in [-0.4, -0.2) is 45.4 Å². The molecule has 0 aliphatic carbocycles. The highest BCUT2D eigenvalue weighted by Crippen LogP contribution is 2.33. The number of likely N-dealkylation sites (tertiary alicyclic amines) is 1. The lowest BCUT2D eigenvalue weighted by molar-refractivity contribution is 0.0779. The zero-order chi connectivity index (χ0) is 19.7. The molecule has 6 heteroatoms. The molecule has 2 heterocycles. The van der Waals surface area contributed by atoms with Gasteiger partial charge < -0.3 is 10.6 Å². The molecular weight excluding hydrogens is 350 g/mol. The van der Waals surface area contributed by atoms with Crippen LogP contribution in [0.25, 0.3) is 5.69 Å². The fraction of sp³-hybridized carbons (Fsp3) is 0.318. The van der Waals surface area contributed by atoms with Gasteiger partial charge in [-0.05, 0) is 49.6 Å². The van der Waals surface area contributed by atoms with E-state index in [1.807, 2.05) is 61.2 Å². The first-order valence-corrected chi connectivity index (χ1v) is 9.62. The van der Waals surface area contributed by atoms with Crippen molar-refractivity contribution in [1.82, 2.24) is 19.9 Å². The number of aromatic nitrogens is 3. The summed E-state index contributed by atoms with van der Waals surface area (Å²) in [4.78, 5) is 15.1. The molecule has 0 bridgehead atoms. The maximum Gasteiger partial charge on any atom is 0.276 e. The van der Waals surface area contributed by atoms with Gasteiger partial charge >= 0.3 is 0 Å². The number of amides is 1. The van der Waals surface area contributed by atoms with Crippen molar-refractivity contribution >= 4 is 5.91 Å². The zero-order valence-electron chi connectivity index (χ0n) is 16.2. The summed E-state index contributed by atoms with van der Waals surface area (Å²) < 4.78 is 1.73. The summed E-state index contributed by atoms with van der Waals surface area (Å²) in [5, 5.41) is 8.44. The number of aryl methyl sites for hydroxylation is 1. The van der Waals surface area contributed by atoms with E-state index in [-0.39, 0.29) is 17.7 Å². The van der Waals surface area contributed by atoms with Crippen molar-refractivity contribution in [1.29, 1.82) is 0 Å². The predicted octanol–water partition coefficient (Wildman–Crippen LogP) is 2.70. The largest absolute Gasteiger partial charge is 0.336 e. The fourth-order valence-corrected chi connectivity index (χ4v) is 4.04. The molecule has 3 aromatic rings. The van der Waals surface area contributed by atoms with E-state index in [1.54, 1.807) is 4.68 Å². The molecule has 1 aromatic heterocycles. The van der Waals surface area contributed by atoms with Crippen molar-refractivity contribution in [3.63, 3.8) is 0 Å². The quantitative estimate of drug-likeness (QED) is 0.761. The molecule has 28 heavy (non-hydrogen) atoms. The summed E-state index contributed by atoms with van der Waals surface area (Å²) in [6.45, 7) is 5.77. The Hall–Kier alpha value is -2.99. The molecule has 1 aliphatic rings. The Labute approximate surface area is 165 Å². The van der Waals surface area contributed by atoms with Gasteiger partial charge in [0.15, 0.2) is 5.69 Å². The predicted molar refractivity (Wildman–Crippen MR) is 108 cm³/mol. The molecule has 1 amide bonds. The number of hydrogen-bond acceptors (Lipinski definition) is 4. The molecule has 1 saturated heterocycles. The monoisotopic (exact) mass is 375 g/mol. The topological polar surface area (TPSA) is 77.0 Å². The number of benzene rings is 2. The Kier molecular flexibility index (Phi) is 4.96. The Morgan fingerprint density at radius 1 is 1.11 bits per heavy atom. The Morgan fingerprint density at radius 2 is 1.89 bits per heavy atom. The Morgan fingerprint density at radius 3 is 2.61 bits per heavy atom. The maximum atomic E-state index is 13.2. The van der Waals surface area contributed by atoms with Crippen LogP contribution < -0.4 is 5.73 Å². The Bertz CT molecular complexity index is 982. The van der Waals surface area contributed by atoms with Crippen LogP contribution in [0.1, 0.15) is 33.2 Å². The number of carbonyl (C=O) groups excluding carboxylic acids is 1. The van der Waals surface area contributed by atoms with Crippen LogP contribution in [0, 0.1) is 19.8 Å². The molecule has 0 spiro atoms. The molecule has 0 radical (unpaired) electrons. The van der Waals surface area contributed by atoms with Gasteiger partial charge in [0.2, 0.25) is 0 Å². The Balaban J connectivity index is 1.59. The zero-order valence-corrected chi connectivity index (χ0v) is 16.2. The lowest BCUT2D eigenvalue weighted by atomic mass is 9.89. The maximum absolute atomic E-state index is 13.2. The average Bonchev–Trinajstić information content (AvgIpc) is 3.32. The normalized spacial score (nSPS) is 19.2. The molecule has 2 N–H and O–H groups in total. The minimum atomic E-state index is -0.0757. The summed E-state index contributed by atoms with van der Waals surface area (Å²) in [6, 6.07) is 18.3. The van der Waals surface area contributed by atoms with E-state index in [9.17, 15) is 4.79 Å². The fourth-order valence-electron chi connectivity index (χ4n) is 4.04. The first-order valence-electron chi connectivity index (χ1n) is 9.62. The summed E-state index contributed by atoms with van der Waals surface area (Å²) >= 11 is 0. The van der Waals surface area contributed by atoms with Crippen LogP contribution >= 0.6 is 0 Å². The van der Waals surface area contributed by atoms with E-state index in [0.717, 1.165) is 16.9 Å². The van der Waals surface area contributed by atoms with Crippen LogP contribution in [0.15, 0.2) is 54.6 Å². The van der Waals surface area contributed by atoms with Crippen molar-refractivity contribution in [2.24, 2.45) is 11.7 Å². The van der Waals surface area contributed by atoms with Crippen LogP contribution in [0.3, 0.4) is 0 Å². The van der Waals surface area contributed by atoms with Gasteiger partial charge in [0, 0.05) is 19.0 Å². The third-order valence-corrected chi connectivity index (χ3v) is 5.60. The first kappa shape index (κ1) is 18.4. The average molecular weight is 375 g/mol. The number of carbonyl (C=O) groups is 1. The SMILES string of the molecule is Cc1cccc(-n2nnc(C(=O)N3C[C@@H](CN)[C@H](c4ccccc4)C3)c2C)c1. The highest BCUT2D eigenvalue weighted by Gasteiger charge is 2.37. The molecule has 1 fully saturated rings. The van der Waals surface area contributed by atoms with Gasteiger partial charge in [0.1, 0.15) is 0 Å². The van der Waals surface area contributed by atoms with Gasteiger partial charge in [-0.1, -0.05) is 47.7 Å². The second kappa shape index (κ2) is 7.56. The molecule has 2 aromatic carbocycles. The third-order valence-electron chi connectivity index (χ3n) is 5.60. The van der Waals surface area contributed by atoms with Gasteiger partial charge in [-0.3, -0.25) is 4.79 Å². The number of hydrogen-bond donors (Lipinski definition) is 1. The van der Waals surface area contributed by atoms with Crippen molar-refractivity contribution in [2.75, 3.05) is 19.6 Å². The minimum Gasteiger partial charge on any atom is -0.336 e. The molecule has 1 aliphatic heterocycles. The highest BCUT2D eigenvalue weighted by molar-refractivity contribution is 5.93. The lowest BCUT2D eigenvalue weighted by Crippen LogP contribution is -2.30. The van der Waals surface area contributed by atoms with Gasteiger partial charge in [-0.15, -0.1) is 5.10 Å². The smallest absolute Gasteiger partial charge is 0.276 e. The van der Waals surface area contributed by atoms with Crippen molar-refractivity contribution in [3.05, 3.63) is 77.1 Å². The van der Waals surface area contributed by atoms with E-state index in [4.69, 9.17) is 5.73 Å². The number of nitrogens with two attached hydrogens (primary N) is 1. The molecule has 0 unspecified atom stereocenters. The van der Waals surface area contributed by atoms with Gasteiger partial charge in [-0.2, -0.15) is 0 Å². The summed E-state index contributed by atoms with van der Waals surface area (Å²) in [7, 11) is 0. The lowest BCUT2D eigenvalue weighted by Gasteiger charge is -2.16. The van der Waals surface area contributed by atoms with Gasteiger partial charge in [0.25, 0.3) is 5.91 Å². The van der Waals surface area contributed by atoms with E-state index in [1.165, 1.54) is 5.56 Å². The highest BCUT2D eigenvalue weighted by atomic mass is 16.2. The molecule has 6 nitrogen and oxygen atoms in total. The second-order valence-electron chi connectivity index (χ2n) is 7.50. The van der Waals surface area contributed by atoms with Gasteiger partial charge in [0.05, 0.1) is 11.4 Å². The van der Waals surface area contributed by atoms with Crippen LogP contribution in [0.4, 0.5) is 0 Å². The molecule has 144 valence electrons. The van der Waals surface area contributed by atoms with Crippen LogP contribution in [0.5, 0.6) is 0 Å². The van der Waals surface area contributed by atoms with E-state index >= 15 is 0 Å². The van der Waals surface area contributed by atoms with Crippen molar-refractivity contribution < 1.29 is 4.79 Å². The number of nitrogens with zero attached hydrogens (tertiary/aromatic N) is 4. The second-order valence-corrected chi connectivity index (χ2v) is 7.50. The summed E-state index contributed by atoms with van der Waals surface area (Å²) in [5.41, 5.74) is 10.5. The standard InChI is InChI=1S/C22H25N5O/c1-15-7-6-10-19(11-15)27-16(2)21(24-25-27)22(28)26-13-18(12-23)20(14-26)17-8-4-3-5-9-17/h3-11,18,20H,12-14,23H2,1-2H3/t18-,20+/m1/s1. The molecule has 0 saturated carbocycles. The third kappa shape index (κ3) is 3.31. The summed E-state index contributed by atoms with van der Waals surface area (Å²) in [5.74, 6) is 0.425. The molecular formula is C22H25N5O. The van der Waals surface area contributed by atoms with E-state index in [0.29, 0.717) is 25.3 Å². The first-order chi connectivity index (χ1) is 13.6. The van der Waals surface area contributed by atoms with Crippen LogP contribution in [0.2, 0.25) is 0 Å². The van der Waals surface area contributed by atoms with Gasteiger partial charge in [-0.25, -0.2) is 4.68 Å². The number of rotatable bonds is 4.